The van der Waals surface area contributed by atoms with Crippen molar-refractivity contribution < 1.29 is 23.3 Å². The summed E-state index contributed by atoms with van der Waals surface area (Å²) in [5.41, 5.74) is 13.6. The molecular formula is C86H74Cl2SiZr-4. The molecule has 0 unspecified atom stereocenters. The van der Waals surface area contributed by atoms with Gasteiger partial charge < -0.3 is 14.9 Å². The fraction of sp³-hybridized carbons (Fsp3) is 0.116. The van der Waals surface area contributed by atoms with Crippen molar-refractivity contribution in [3.63, 3.8) is 0 Å². The molecule has 0 N–H and O–H groups in total. The number of aryl methyl sites for hydroxylation is 2. The first-order valence-electron chi connectivity index (χ1n) is 30.9. The van der Waals surface area contributed by atoms with Gasteiger partial charge in [-0.2, -0.15) is 12.1 Å². The molecule has 0 saturated carbocycles. The van der Waals surface area contributed by atoms with E-state index in [1.807, 2.05) is 0 Å². The molecule has 90 heavy (non-hydrogen) atoms. The van der Waals surface area contributed by atoms with Crippen LogP contribution in [0, 0.1) is 14.9 Å². The normalized spacial score (nSPS) is 11.1. The van der Waals surface area contributed by atoms with Crippen LogP contribution < -0.4 is 0 Å². The second-order valence-electron chi connectivity index (χ2n) is 23.4. The van der Waals surface area contributed by atoms with Crippen molar-refractivity contribution in [3.8, 4) is 44.5 Å². The summed E-state index contributed by atoms with van der Waals surface area (Å²) in [7, 11) is 0. The summed E-state index contributed by atoms with van der Waals surface area (Å²) in [5, 5.41) is 26.3. The van der Waals surface area contributed by atoms with Crippen LogP contribution in [0.4, 0.5) is 0 Å². The summed E-state index contributed by atoms with van der Waals surface area (Å²) >= 11 is 1.36. The van der Waals surface area contributed by atoms with Gasteiger partial charge in [-0.15, -0.1) is 69.6 Å². The number of unbranched alkanes of at least 4 members (excludes halogenated alkanes) is 4. The topological polar surface area (TPSA) is 0 Å². The van der Waals surface area contributed by atoms with E-state index in [1.54, 1.807) is 0 Å². The number of benzene rings is 14. The van der Waals surface area contributed by atoms with Gasteiger partial charge in [0.05, 0.1) is 0 Å². The average molecular weight is 1300 g/mol. The van der Waals surface area contributed by atoms with Crippen LogP contribution in [0.25, 0.3) is 152 Å². The van der Waals surface area contributed by atoms with Gasteiger partial charge in [0.25, 0.3) is 0 Å². The van der Waals surface area contributed by atoms with E-state index in [2.05, 4.69) is 288 Å². The van der Waals surface area contributed by atoms with E-state index < -0.39 is 0 Å². The molecule has 16 aromatic rings. The zero-order chi connectivity index (χ0) is 58.1. The zero-order valence-corrected chi connectivity index (χ0v) is 57.0. The first kappa shape index (κ1) is 65.0. The van der Waals surface area contributed by atoms with Crippen molar-refractivity contribution in [3.05, 3.63) is 293 Å². The van der Waals surface area contributed by atoms with Crippen LogP contribution in [-0.2, 0) is 36.2 Å². The third-order valence-electron chi connectivity index (χ3n) is 18.2. The first-order chi connectivity index (χ1) is 42.6. The Morgan fingerprint density at radius 1 is 0.267 bits per heavy atom. The third-order valence-corrected chi connectivity index (χ3v) is 18.2. The molecule has 0 aromatic heterocycles. The molecule has 0 aliphatic heterocycles. The van der Waals surface area contributed by atoms with Gasteiger partial charge >= 0.3 is 30.2 Å². The number of hydrogen-bond donors (Lipinski definition) is 0. The number of fused-ring (bicyclic) bond motifs is 10. The Hall–Kier alpha value is -7.94. The predicted octanol–water partition coefficient (Wildman–Crippen LogP) is 25.8. The molecule has 0 aliphatic rings. The SMILES string of the molecule is CCCCCc1cc2c(-c3c4ccccc4cc4ccccc34)ccc(-c3c4ccccc4cc4ccccc34)c2[cH-]1.CCCCCc1cc2c(-c3c4ccccc4cc4ccccc34)ccc(-c3c4ccccc4cc4ccccc34)c2[cH-]1.Cl.Cl.[CH3-].[CH3-].[Si]=[Zr]. The summed E-state index contributed by atoms with van der Waals surface area (Å²) in [6, 6.07) is 99.9. The van der Waals surface area contributed by atoms with Crippen molar-refractivity contribution in [1.82, 2.24) is 0 Å². The van der Waals surface area contributed by atoms with Crippen molar-refractivity contribution >= 4 is 139 Å². The van der Waals surface area contributed by atoms with Crippen LogP contribution in [0.2, 0.25) is 0 Å². The summed E-state index contributed by atoms with van der Waals surface area (Å²) in [6.07, 6.45) is 9.70. The Bertz CT molecular complexity index is 4370. The standard InChI is InChI=1S/2C42H33.2CH3.2ClH.Si.Zr/c2*1-2-3-4-13-28-24-39-37(41-33-18-9-5-14-29(33)26-30-15-6-10-19-34(30)41)22-23-38(40(39)25-28)42-35-20-11-7-16-31(35)27-32-17-8-12-21-36(32)42;;;;;;/h2*5-12,14-27H,2-4,13H2,1H3;2*1H3;2*1H;;/q4*-1;;;;. The minimum absolute atomic E-state index is 0. The third kappa shape index (κ3) is 12.0. The fourth-order valence-electron chi connectivity index (χ4n) is 14.3. The van der Waals surface area contributed by atoms with Crippen molar-refractivity contribution in [2.75, 3.05) is 0 Å². The molecule has 0 fully saturated rings. The van der Waals surface area contributed by atoms with Gasteiger partial charge in [-0.1, -0.05) is 293 Å². The van der Waals surface area contributed by atoms with E-state index in [-0.39, 0.29) is 39.7 Å². The molecule has 0 atom stereocenters. The molecule has 16 rings (SSSR count). The summed E-state index contributed by atoms with van der Waals surface area (Å²) in [6.45, 7) is 7.64. The van der Waals surface area contributed by atoms with Crippen molar-refractivity contribution in [2.24, 2.45) is 0 Å². The fourth-order valence-corrected chi connectivity index (χ4v) is 14.3. The van der Waals surface area contributed by atoms with E-state index in [9.17, 15) is 0 Å². The monoisotopic (exact) mass is 1290 g/mol. The Morgan fingerprint density at radius 2 is 0.478 bits per heavy atom. The number of halogens is 2. The molecule has 0 bridgehead atoms. The molecule has 2 radical (unpaired) electrons. The van der Waals surface area contributed by atoms with Gasteiger partial charge in [-0.3, -0.25) is 0 Å². The van der Waals surface area contributed by atoms with Crippen LogP contribution in [0.1, 0.15) is 63.5 Å². The second kappa shape index (κ2) is 28.9. The van der Waals surface area contributed by atoms with Gasteiger partial charge in [0.1, 0.15) is 0 Å². The number of hydrogen-bond acceptors (Lipinski definition) is 0. The molecular weight excluding hydrogens is 1220 g/mol. The van der Waals surface area contributed by atoms with Crippen molar-refractivity contribution in [1.29, 1.82) is 0 Å². The molecule has 0 saturated heterocycles. The van der Waals surface area contributed by atoms with E-state index in [4.69, 9.17) is 0 Å². The van der Waals surface area contributed by atoms with E-state index in [0.717, 1.165) is 12.8 Å². The maximum absolute atomic E-state index is 3.06. The number of rotatable bonds is 12. The summed E-state index contributed by atoms with van der Waals surface area (Å²) in [4.78, 5) is 0. The molecule has 444 valence electrons. The van der Waals surface area contributed by atoms with E-state index in [0.29, 0.717) is 0 Å². The van der Waals surface area contributed by atoms with Gasteiger partial charge in [0.2, 0.25) is 0 Å². The Kier molecular flexibility index (Phi) is 20.9. The average Bonchev–Trinajstić information content (AvgIpc) is 1.31. The van der Waals surface area contributed by atoms with Crippen LogP contribution in [0.15, 0.2) is 267 Å². The molecule has 0 amide bonds. The second-order valence-corrected chi connectivity index (χ2v) is 23.4. The predicted molar refractivity (Wildman–Crippen MR) is 400 cm³/mol. The van der Waals surface area contributed by atoms with Gasteiger partial charge in [0.15, 0.2) is 0 Å². The van der Waals surface area contributed by atoms with Gasteiger partial charge in [0, 0.05) is 0 Å². The summed E-state index contributed by atoms with van der Waals surface area (Å²) < 4.78 is 0. The van der Waals surface area contributed by atoms with E-state index >= 15 is 0 Å². The van der Waals surface area contributed by atoms with Crippen LogP contribution in [0.5, 0.6) is 0 Å². The van der Waals surface area contributed by atoms with Crippen LogP contribution in [0.3, 0.4) is 0 Å². The molecule has 0 nitrogen and oxygen atoms in total. The van der Waals surface area contributed by atoms with Crippen molar-refractivity contribution in [2.45, 2.75) is 65.2 Å². The maximum atomic E-state index is 3.06. The molecule has 0 aliphatic carbocycles. The minimum atomic E-state index is 0. The Balaban J connectivity index is 0.000000185. The Morgan fingerprint density at radius 3 is 0.711 bits per heavy atom. The molecule has 0 heterocycles. The Labute approximate surface area is 560 Å². The molecule has 4 heteroatoms. The van der Waals surface area contributed by atoms with E-state index in [1.165, 1.54) is 225 Å². The molecule has 16 aromatic carbocycles. The quantitative estimate of drug-likeness (QED) is 0.0495. The first-order valence-corrected chi connectivity index (χ1v) is 35.1. The van der Waals surface area contributed by atoms with Gasteiger partial charge in [-0.25, -0.2) is 0 Å². The zero-order valence-electron chi connectivity index (χ0n) is 51.9. The van der Waals surface area contributed by atoms with Crippen LogP contribution >= 0.6 is 24.8 Å². The van der Waals surface area contributed by atoms with Gasteiger partial charge in [-0.05, 0) is 146 Å². The summed E-state index contributed by atoms with van der Waals surface area (Å²) in [5.74, 6) is 0. The molecule has 0 spiro atoms. The van der Waals surface area contributed by atoms with Crippen LogP contribution in [-0.4, -0.2) is 6.88 Å².